The zero-order valence-electron chi connectivity index (χ0n) is 7.09. The van der Waals surface area contributed by atoms with Crippen molar-refractivity contribution in [3.63, 3.8) is 0 Å². The van der Waals surface area contributed by atoms with Crippen molar-refractivity contribution in [2.45, 2.75) is 13.1 Å². The van der Waals surface area contributed by atoms with Crippen LogP contribution in [-0.4, -0.2) is 15.1 Å². The highest BCUT2D eigenvalue weighted by atomic mass is 32.1. The summed E-state index contributed by atoms with van der Waals surface area (Å²) in [4.78, 5) is 3.50. The average Bonchev–Trinajstić information content (AvgIpc) is 2.02. The molecule has 6 heteroatoms. The van der Waals surface area contributed by atoms with Gasteiger partial charge in [-0.2, -0.15) is 13.2 Å². The second kappa shape index (κ2) is 3.53. The largest absolute Gasteiger partial charge is 0.498 e. The number of thiocarbonyl (C=S) groups is 1. The molecule has 1 N–H and O–H groups in total. The maximum absolute atomic E-state index is 12.3. The number of hydrogen-bond donors (Lipinski definition) is 1. The van der Waals surface area contributed by atoms with Crippen LogP contribution >= 0.6 is 12.2 Å². The minimum atomic E-state index is -4.47. The molecule has 2 nitrogen and oxygen atoms in total. The summed E-state index contributed by atoms with van der Waals surface area (Å²) in [6.07, 6.45) is -3.37. The molecule has 0 saturated carbocycles. The molecule has 0 saturated heterocycles. The lowest BCUT2D eigenvalue weighted by atomic mass is 10.1. The number of rotatable bonds is 1. The van der Waals surface area contributed by atoms with Gasteiger partial charge in [-0.25, -0.2) is 0 Å². The number of aromatic nitrogens is 1. The zero-order chi connectivity index (χ0) is 10.9. The van der Waals surface area contributed by atoms with Gasteiger partial charge in [0.05, 0.1) is 5.56 Å². The minimum Gasteiger partial charge on any atom is -0.498 e. The van der Waals surface area contributed by atoms with E-state index in [2.05, 4.69) is 17.2 Å². The Morgan fingerprint density at radius 3 is 2.50 bits per heavy atom. The predicted octanol–water partition coefficient (Wildman–Crippen LogP) is 2.64. The van der Waals surface area contributed by atoms with Gasteiger partial charge in [-0.3, -0.25) is 4.98 Å². The van der Waals surface area contributed by atoms with Gasteiger partial charge in [-0.15, -0.1) is 0 Å². The summed E-state index contributed by atoms with van der Waals surface area (Å²) in [6.45, 7) is 1.24. The number of aryl methyl sites for hydroxylation is 1. The Morgan fingerprint density at radius 1 is 1.50 bits per heavy atom. The molecule has 0 bridgehead atoms. The van der Waals surface area contributed by atoms with Crippen LogP contribution in [0.2, 0.25) is 0 Å². The monoisotopic (exact) mass is 221 g/mol. The molecule has 1 aromatic heterocycles. The van der Waals surface area contributed by atoms with E-state index in [1.54, 1.807) is 0 Å². The van der Waals surface area contributed by atoms with Gasteiger partial charge in [-0.1, -0.05) is 0 Å². The highest BCUT2D eigenvalue weighted by molar-refractivity contribution is 7.80. The van der Waals surface area contributed by atoms with E-state index in [1.807, 2.05) is 0 Å². The Hall–Kier alpha value is -1.17. The number of alkyl halides is 3. The van der Waals surface area contributed by atoms with Crippen LogP contribution in [-0.2, 0) is 6.18 Å². The summed E-state index contributed by atoms with van der Waals surface area (Å²) in [5, 5.41) is 8.23. The summed E-state index contributed by atoms with van der Waals surface area (Å²) >= 11 is 4.34. The van der Waals surface area contributed by atoms with Crippen molar-refractivity contribution in [3.05, 3.63) is 29.1 Å². The van der Waals surface area contributed by atoms with Gasteiger partial charge < -0.3 is 5.11 Å². The first-order valence-corrected chi connectivity index (χ1v) is 4.00. The van der Waals surface area contributed by atoms with Crippen molar-refractivity contribution in [1.29, 1.82) is 0 Å². The normalized spacial score (nSPS) is 11.4. The van der Waals surface area contributed by atoms with Crippen molar-refractivity contribution in [3.8, 4) is 0 Å². The summed E-state index contributed by atoms with van der Waals surface area (Å²) in [7, 11) is 0. The van der Waals surface area contributed by atoms with Gasteiger partial charge in [0.15, 0.2) is 5.05 Å². The molecule has 1 aromatic rings. The van der Waals surface area contributed by atoms with Crippen LogP contribution in [0.25, 0.3) is 0 Å². The first-order valence-electron chi connectivity index (χ1n) is 3.59. The van der Waals surface area contributed by atoms with Crippen LogP contribution in [0.3, 0.4) is 0 Å². The fourth-order valence-electron chi connectivity index (χ4n) is 0.937. The second-order valence-electron chi connectivity index (χ2n) is 2.66. The lowest BCUT2D eigenvalue weighted by Crippen LogP contribution is -2.10. The van der Waals surface area contributed by atoms with Crippen LogP contribution in [0.5, 0.6) is 0 Å². The minimum absolute atomic E-state index is 0.0991. The number of halogens is 3. The van der Waals surface area contributed by atoms with E-state index in [-0.39, 0.29) is 11.3 Å². The maximum Gasteiger partial charge on any atom is 0.418 e. The number of pyridine rings is 1. The average molecular weight is 221 g/mol. The first kappa shape index (κ1) is 10.9. The summed E-state index contributed by atoms with van der Waals surface area (Å²) < 4.78 is 37.0. The van der Waals surface area contributed by atoms with Gasteiger partial charge in [-0.05, 0) is 25.2 Å². The number of nitrogens with zero attached hydrogens (tertiary/aromatic N) is 1. The van der Waals surface area contributed by atoms with E-state index in [1.165, 1.54) is 6.92 Å². The standard InChI is InChI=1S/C8H6F3NOS/c1-4-6(8(9,10)11)2-5(3-12-4)7(13)14/h2-3H,1H3,(H,13,14). The van der Waals surface area contributed by atoms with Crippen LogP contribution in [0.4, 0.5) is 13.2 Å². The molecule has 1 heterocycles. The maximum atomic E-state index is 12.3. The second-order valence-corrected chi connectivity index (χ2v) is 3.05. The number of hydrogen-bond acceptors (Lipinski definition) is 2. The Labute approximate surface area is 83.4 Å². The van der Waals surface area contributed by atoms with Crippen molar-refractivity contribution in [2.24, 2.45) is 0 Å². The van der Waals surface area contributed by atoms with E-state index in [4.69, 9.17) is 5.11 Å². The van der Waals surface area contributed by atoms with Crippen molar-refractivity contribution < 1.29 is 18.3 Å². The molecule has 0 aliphatic carbocycles. The molecule has 14 heavy (non-hydrogen) atoms. The van der Waals surface area contributed by atoms with E-state index in [0.29, 0.717) is 0 Å². The molecular weight excluding hydrogens is 215 g/mol. The highest BCUT2D eigenvalue weighted by Crippen LogP contribution is 2.31. The number of aliphatic hydroxyl groups excluding tert-OH is 1. The Bertz CT molecular complexity index is 375. The predicted molar refractivity (Wildman–Crippen MR) is 48.3 cm³/mol. The molecule has 0 atom stereocenters. The molecular formula is C8H6F3NOS. The van der Waals surface area contributed by atoms with Crippen LogP contribution in [0.15, 0.2) is 12.3 Å². The Balaban J connectivity index is 3.29. The molecule has 0 radical (unpaired) electrons. The third-order valence-electron chi connectivity index (χ3n) is 1.64. The summed E-state index contributed by atoms with van der Waals surface area (Å²) in [5.74, 6) is 0. The van der Waals surface area contributed by atoms with E-state index >= 15 is 0 Å². The van der Waals surface area contributed by atoms with Crippen LogP contribution < -0.4 is 0 Å². The van der Waals surface area contributed by atoms with E-state index in [0.717, 1.165) is 12.3 Å². The number of aliphatic hydroxyl groups is 1. The molecule has 0 aromatic carbocycles. The lowest BCUT2D eigenvalue weighted by Gasteiger charge is -2.09. The van der Waals surface area contributed by atoms with Crippen LogP contribution in [0.1, 0.15) is 16.8 Å². The molecule has 0 fully saturated rings. The Morgan fingerprint density at radius 2 is 2.07 bits per heavy atom. The smallest absolute Gasteiger partial charge is 0.418 e. The fraction of sp³-hybridized carbons (Fsp3) is 0.250. The van der Waals surface area contributed by atoms with E-state index in [9.17, 15) is 13.2 Å². The van der Waals surface area contributed by atoms with Gasteiger partial charge in [0, 0.05) is 17.5 Å². The van der Waals surface area contributed by atoms with Crippen molar-refractivity contribution >= 4 is 17.3 Å². The molecule has 0 spiro atoms. The Kier molecular flexibility index (Phi) is 2.75. The van der Waals surface area contributed by atoms with Crippen molar-refractivity contribution in [1.82, 2.24) is 4.98 Å². The van der Waals surface area contributed by atoms with Gasteiger partial charge in [0.2, 0.25) is 0 Å². The molecule has 0 amide bonds. The molecule has 0 aliphatic rings. The quantitative estimate of drug-likeness (QED) is 0.740. The van der Waals surface area contributed by atoms with Crippen LogP contribution in [0, 0.1) is 6.92 Å². The summed E-state index contributed by atoms with van der Waals surface area (Å²) in [6, 6.07) is 0.782. The van der Waals surface area contributed by atoms with Gasteiger partial charge in [0.25, 0.3) is 0 Å². The third-order valence-corrected chi connectivity index (χ3v) is 1.87. The molecule has 76 valence electrons. The molecule has 1 rings (SSSR count). The SMILES string of the molecule is Cc1ncc(C(O)=S)cc1C(F)(F)F. The topological polar surface area (TPSA) is 33.1 Å². The molecule has 0 aliphatic heterocycles. The van der Waals surface area contributed by atoms with Gasteiger partial charge in [0.1, 0.15) is 0 Å². The highest BCUT2D eigenvalue weighted by Gasteiger charge is 2.33. The zero-order valence-corrected chi connectivity index (χ0v) is 7.91. The first-order chi connectivity index (χ1) is 6.32. The van der Waals surface area contributed by atoms with E-state index < -0.39 is 16.8 Å². The van der Waals surface area contributed by atoms with Gasteiger partial charge >= 0.3 is 6.18 Å². The summed E-state index contributed by atoms with van der Waals surface area (Å²) in [5.41, 5.74) is -1.12. The fourth-order valence-corrected chi connectivity index (χ4v) is 1.05. The third kappa shape index (κ3) is 2.20. The lowest BCUT2D eigenvalue weighted by molar-refractivity contribution is -0.138. The van der Waals surface area contributed by atoms with Crippen molar-refractivity contribution in [2.75, 3.05) is 0 Å². The molecule has 0 unspecified atom stereocenters.